The molecule has 4 nitrogen and oxygen atoms in total. The van der Waals surface area contributed by atoms with Crippen LogP contribution >= 0.6 is 0 Å². The molecule has 132 valence electrons. The van der Waals surface area contributed by atoms with Gasteiger partial charge in [-0.15, -0.1) is 0 Å². The molecule has 1 aliphatic carbocycles. The lowest BCUT2D eigenvalue weighted by Gasteiger charge is -2.09. The molecule has 0 spiro atoms. The first-order chi connectivity index (χ1) is 12.5. The zero-order chi connectivity index (χ0) is 18.3. The van der Waals surface area contributed by atoms with Gasteiger partial charge in [0.15, 0.2) is 0 Å². The van der Waals surface area contributed by atoms with E-state index in [0.29, 0.717) is 12.1 Å². The second-order valence-electron chi connectivity index (χ2n) is 6.77. The van der Waals surface area contributed by atoms with Gasteiger partial charge in [-0.05, 0) is 43.5 Å². The van der Waals surface area contributed by atoms with Gasteiger partial charge in [0, 0.05) is 29.2 Å². The van der Waals surface area contributed by atoms with Crippen molar-refractivity contribution in [1.29, 1.82) is 0 Å². The normalized spacial score (nSPS) is 13.8. The third kappa shape index (κ3) is 3.01. The maximum Gasteiger partial charge on any atom is 0.292 e. The third-order valence-electron chi connectivity index (χ3n) is 4.83. The quantitative estimate of drug-likeness (QED) is 0.565. The van der Waals surface area contributed by atoms with E-state index in [1.54, 1.807) is 12.1 Å². The highest BCUT2D eigenvalue weighted by molar-refractivity contribution is 6.45. The molecule has 2 aromatic carbocycles. The molecule has 3 aromatic rings. The summed E-state index contributed by atoms with van der Waals surface area (Å²) < 4.78 is 15.2. The molecule has 1 N–H and O–H groups in total. The van der Waals surface area contributed by atoms with E-state index in [1.807, 2.05) is 35.8 Å². The van der Waals surface area contributed by atoms with Crippen LogP contribution in [0.1, 0.15) is 34.5 Å². The molecule has 1 fully saturated rings. The van der Waals surface area contributed by atoms with E-state index in [-0.39, 0.29) is 11.9 Å². The topological polar surface area (TPSA) is 51.1 Å². The Morgan fingerprint density at radius 2 is 1.81 bits per heavy atom. The van der Waals surface area contributed by atoms with Crippen LogP contribution in [0.5, 0.6) is 0 Å². The number of rotatable bonds is 5. The van der Waals surface area contributed by atoms with E-state index >= 15 is 0 Å². The summed E-state index contributed by atoms with van der Waals surface area (Å²) in [5, 5.41) is 3.54. The van der Waals surface area contributed by atoms with Crippen LogP contribution in [0.25, 0.3) is 10.9 Å². The number of nitrogens with zero attached hydrogens (tertiary/aromatic N) is 1. The van der Waals surface area contributed by atoms with E-state index in [0.717, 1.165) is 35.0 Å². The number of ketones is 1. The van der Waals surface area contributed by atoms with Gasteiger partial charge in [0.25, 0.3) is 11.7 Å². The monoisotopic (exact) mass is 350 g/mol. The van der Waals surface area contributed by atoms with Gasteiger partial charge in [-0.2, -0.15) is 0 Å². The number of nitrogens with one attached hydrogen (secondary N) is 1. The molecule has 4 rings (SSSR count). The van der Waals surface area contributed by atoms with Gasteiger partial charge in [0.05, 0.1) is 5.56 Å². The van der Waals surface area contributed by atoms with Crippen LogP contribution in [0, 0.1) is 12.7 Å². The minimum Gasteiger partial charge on any atom is -0.346 e. The number of halogens is 1. The van der Waals surface area contributed by atoms with Gasteiger partial charge in [0.1, 0.15) is 5.82 Å². The standard InChI is InChI=1S/C21H19FN2O2/c1-13-19(20(25)21(26)23-16-10-11-16)17-4-2-3-5-18(17)24(13)12-14-6-8-15(22)9-7-14/h2-9,16H,10-12H2,1H3,(H,23,26). The number of benzene rings is 2. The smallest absolute Gasteiger partial charge is 0.292 e. The Kier molecular flexibility index (Phi) is 4.07. The Morgan fingerprint density at radius 1 is 1.12 bits per heavy atom. The molecule has 5 heteroatoms. The van der Waals surface area contributed by atoms with Crippen LogP contribution in [0.4, 0.5) is 4.39 Å². The molecule has 1 amide bonds. The first-order valence-corrected chi connectivity index (χ1v) is 8.72. The number of aromatic nitrogens is 1. The second kappa shape index (κ2) is 6.41. The van der Waals surface area contributed by atoms with Gasteiger partial charge < -0.3 is 9.88 Å². The number of amides is 1. The van der Waals surface area contributed by atoms with Crippen LogP contribution in [-0.4, -0.2) is 22.3 Å². The van der Waals surface area contributed by atoms with Crippen molar-refractivity contribution in [3.63, 3.8) is 0 Å². The predicted molar refractivity (Wildman–Crippen MR) is 97.7 cm³/mol. The van der Waals surface area contributed by atoms with E-state index in [4.69, 9.17) is 0 Å². The Bertz CT molecular complexity index is 1000. The number of carbonyl (C=O) groups is 2. The molecule has 0 unspecified atom stereocenters. The Hall–Kier alpha value is -2.95. The first-order valence-electron chi connectivity index (χ1n) is 8.72. The predicted octanol–water partition coefficient (Wildman–Crippen LogP) is 3.60. The highest BCUT2D eigenvalue weighted by atomic mass is 19.1. The lowest BCUT2D eigenvalue weighted by atomic mass is 10.1. The molecule has 1 saturated carbocycles. The Balaban J connectivity index is 1.76. The van der Waals surface area contributed by atoms with Crippen LogP contribution in [0.3, 0.4) is 0 Å². The van der Waals surface area contributed by atoms with Crippen LogP contribution in [-0.2, 0) is 11.3 Å². The maximum absolute atomic E-state index is 13.2. The third-order valence-corrected chi connectivity index (χ3v) is 4.83. The van der Waals surface area contributed by atoms with Crippen molar-refractivity contribution in [2.75, 3.05) is 0 Å². The molecule has 0 saturated heterocycles. The van der Waals surface area contributed by atoms with Crippen molar-refractivity contribution in [3.05, 3.63) is 71.2 Å². The molecule has 1 heterocycles. The SMILES string of the molecule is Cc1c(C(=O)C(=O)NC2CC2)c2ccccc2n1Cc1ccc(F)cc1. The number of para-hydroxylation sites is 1. The van der Waals surface area contributed by atoms with Crippen molar-refractivity contribution < 1.29 is 14.0 Å². The van der Waals surface area contributed by atoms with Crippen LogP contribution in [0.15, 0.2) is 48.5 Å². The van der Waals surface area contributed by atoms with Crippen molar-refractivity contribution >= 4 is 22.6 Å². The van der Waals surface area contributed by atoms with Gasteiger partial charge in [-0.25, -0.2) is 4.39 Å². The largest absolute Gasteiger partial charge is 0.346 e. The highest BCUT2D eigenvalue weighted by Gasteiger charge is 2.30. The van der Waals surface area contributed by atoms with Gasteiger partial charge in [-0.1, -0.05) is 30.3 Å². The first kappa shape index (κ1) is 16.5. The molecule has 0 bridgehead atoms. The number of hydrogen-bond donors (Lipinski definition) is 1. The van der Waals surface area contributed by atoms with Crippen LogP contribution in [0.2, 0.25) is 0 Å². The second-order valence-corrected chi connectivity index (χ2v) is 6.77. The summed E-state index contributed by atoms with van der Waals surface area (Å²) in [6.45, 7) is 2.35. The van der Waals surface area contributed by atoms with Crippen molar-refractivity contribution in [1.82, 2.24) is 9.88 Å². The summed E-state index contributed by atoms with van der Waals surface area (Å²) in [5.74, 6) is -1.32. The zero-order valence-corrected chi connectivity index (χ0v) is 14.5. The average molecular weight is 350 g/mol. The van der Waals surface area contributed by atoms with Gasteiger partial charge in [-0.3, -0.25) is 9.59 Å². The molecule has 0 atom stereocenters. The van der Waals surface area contributed by atoms with E-state index < -0.39 is 11.7 Å². The number of hydrogen-bond acceptors (Lipinski definition) is 2. The number of carbonyl (C=O) groups excluding carboxylic acids is 2. The van der Waals surface area contributed by atoms with Gasteiger partial charge >= 0.3 is 0 Å². The zero-order valence-electron chi connectivity index (χ0n) is 14.5. The van der Waals surface area contributed by atoms with Gasteiger partial charge in [0.2, 0.25) is 0 Å². The lowest BCUT2D eigenvalue weighted by molar-refractivity contribution is -0.117. The molecule has 26 heavy (non-hydrogen) atoms. The Morgan fingerprint density at radius 3 is 2.50 bits per heavy atom. The van der Waals surface area contributed by atoms with Crippen molar-refractivity contribution in [3.8, 4) is 0 Å². The molecule has 1 aliphatic rings. The molecule has 1 aromatic heterocycles. The Labute approximate surface area is 150 Å². The molecular formula is C21H19FN2O2. The number of fused-ring (bicyclic) bond motifs is 1. The minimum absolute atomic E-state index is 0.138. The summed E-state index contributed by atoms with van der Waals surface area (Å²) in [5.41, 5.74) is 3.00. The summed E-state index contributed by atoms with van der Waals surface area (Å²) in [7, 11) is 0. The summed E-state index contributed by atoms with van der Waals surface area (Å²) in [6.07, 6.45) is 1.87. The summed E-state index contributed by atoms with van der Waals surface area (Å²) in [6, 6.07) is 14.0. The fraction of sp³-hybridized carbons (Fsp3) is 0.238. The summed E-state index contributed by atoms with van der Waals surface area (Å²) in [4.78, 5) is 25.1. The van der Waals surface area contributed by atoms with Crippen molar-refractivity contribution in [2.45, 2.75) is 32.4 Å². The maximum atomic E-state index is 13.2. The van der Waals surface area contributed by atoms with E-state index in [1.165, 1.54) is 12.1 Å². The molecular weight excluding hydrogens is 331 g/mol. The summed E-state index contributed by atoms with van der Waals surface area (Å²) >= 11 is 0. The van der Waals surface area contributed by atoms with E-state index in [9.17, 15) is 14.0 Å². The molecule has 0 radical (unpaired) electrons. The van der Waals surface area contributed by atoms with Crippen molar-refractivity contribution in [2.24, 2.45) is 0 Å². The average Bonchev–Trinajstić information content (AvgIpc) is 3.41. The molecule has 0 aliphatic heterocycles. The lowest BCUT2D eigenvalue weighted by Crippen LogP contribution is -2.33. The fourth-order valence-corrected chi connectivity index (χ4v) is 3.29. The minimum atomic E-state index is -0.541. The highest BCUT2D eigenvalue weighted by Crippen LogP contribution is 2.28. The number of Topliss-reactive ketones (excluding diaryl/α,β-unsaturated/α-hetero) is 1. The van der Waals surface area contributed by atoms with Crippen LogP contribution < -0.4 is 5.32 Å². The fourth-order valence-electron chi connectivity index (χ4n) is 3.29. The van der Waals surface area contributed by atoms with E-state index in [2.05, 4.69) is 5.32 Å².